The van der Waals surface area contributed by atoms with Crippen LogP contribution in [-0.4, -0.2) is 43.4 Å². The number of benzene rings is 1. The van der Waals surface area contributed by atoms with Gasteiger partial charge in [0.25, 0.3) is 0 Å². The van der Waals surface area contributed by atoms with Crippen molar-refractivity contribution < 1.29 is 4.79 Å². The number of hydrogen-bond donors (Lipinski definition) is 0. The number of carbonyl (C=O) groups is 1. The first-order chi connectivity index (χ1) is 14.3. The molecule has 0 radical (unpaired) electrons. The van der Waals surface area contributed by atoms with Crippen molar-refractivity contribution in [2.45, 2.75) is 111 Å². The van der Waals surface area contributed by atoms with Crippen molar-refractivity contribution in [3.63, 3.8) is 0 Å². The molecule has 0 fully saturated rings. The second-order valence-electron chi connectivity index (χ2n) is 13.1. The van der Waals surface area contributed by atoms with Gasteiger partial charge in [0.15, 0.2) is 5.78 Å². The van der Waals surface area contributed by atoms with Gasteiger partial charge in [-0.2, -0.15) is 0 Å². The average molecular weight is 439 g/mol. The highest BCUT2D eigenvalue weighted by Gasteiger charge is 2.54. The summed E-state index contributed by atoms with van der Waals surface area (Å²) in [6.45, 7) is 27.4. The largest absolute Gasteiger partial charge is 0.293 e. The summed E-state index contributed by atoms with van der Waals surface area (Å²) in [6.07, 6.45) is 8.80. The van der Waals surface area contributed by atoms with Gasteiger partial charge in [0.2, 0.25) is 0 Å². The van der Waals surface area contributed by atoms with Crippen LogP contribution in [0.2, 0.25) is 0 Å². The van der Waals surface area contributed by atoms with E-state index in [2.05, 4.69) is 117 Å². The van der Waals surface area contributed by atoms with Crippen LogP contribution in [0.3, 0.4) is 0 Å². The van der Waals surface area contributed by atoms with Crippen LogP contribution in [0, 0.1) is 5.92 Å². The van der Waals surface area contributed by atoms with Gasteiger partial charge in [-0.1, -0.05) is 42.5 Å². The van der Waals surface area contributed by atoms with Gasteiger partial charge in [-0.3, -0.25) is 14.6 Å². The zero-order valence-electron chi connectivity index (χ0n) is 22.6. The molecule has 1 aromatic carbocycles. The third kappa shape index (κ3) is 5.43. The van der Waals surface area contributed by atoms with E-state index in [4.69, 9.17) is 0 Å². The molecule has 1 aromatic rings. The Balaban J connectivity index is 2.72. The average Bonchev–Trinajstić information content (AvgIpc) is 2.57. The molecule has 0 spiro atoms. The maximum atomic E-state index is 13.2. The van der Waals surface area contributed by atoms with Crippen LogP contribution in [0.25, 0.3) is 0 Å². The number of ketones is 1. The quantitative estimate of drug-likeness (QED) is 0.284. The second kappa shape index (κ2) is 8.57. The summed E-state index contributed by atoms with van der Waals surface area (Å²) in [7, 11) is 0. The van der Waals surface area contributed by atoms with E-state index in [1.165, 1.54) is 0 Å². The molecule has 0 saturated carbocycles. The van der Waals surface area contributed by atoms with Gasteiger partial charge in [-0.15, -0.1) is 0 Å². The minimum Gasteiger partial charge on any atom is -0.293 e. The highest BCUT2D eigenvalue weighted by Crippen LogP contribution is 2.46. The first-order valence-electron chi connectivity index (χ1n) is 11.9. The summed E-state index contributed by atoms with van der Waals surface area (Å²) >= 11 is 0. The predicted molar refractivity (Wildman–Crippen MR) is 138 cm³/mol. The van der Waals surface area contributed by atoms with Crippen molar-refractivity contribution in [2.24, 2.45) is 5.92 Å². The Kier molecular flexibility index (Phi) is 7.11. The van der Waals surface area contributed by atoms with Gasteiger partial charge < -0.3 is 0 Å². The highest BCUT2D eigenvalue weighted by molar-refractivity contribution is 6.00. The SMILES string of the molecule is CC(C)(C)N(C(C)(C)C)C1(N(C(C)(C)C)C(C)(C)C)C=CC(C(=O)c2ccccc2)C=C1. The Morgan fingerprint density at radius 1 is 0.656 bits per heavy atom. The number of nitrogens with zero attached hydrogens (tertiary/aromatic N) is 2. The summed E-state index contributed by atoms with van der Waals surface area (Å²) in [5.41, 5.74) is -0.182. The van der Waals surface area contributed by atoms with E-state index in [1.807, 2.05) is 30.3 Å². The Morgan fingerprint density at radius 2 is 1.00 bits per heavy atom. The molecule has 0 bridgehead atoms. The molecule has 0 unspecified atom stereocenters. The van der Waals surface area contributed by atoms with Crippen molar-refractivity contribution in [3.8, 4) is 0 Å². The molecule has 3 nitrogen and oxygen atoms in total. The van der Waals surface area contributed by atoms with Gasteiger partial charge in [0, 0.05) is 27.7 Å². The lowest BCUT2D eigenvalue weighted by Gasteiger charge is -2.65. The van der Waals surface area contributed by atoms with E-state index in [-0.39, 0.29) is 33.9 Å². The summed E-state index contributed by atoms with van der Waals surface area (Å²) < 4.78 is 0. The molecule has 1 aliphatic rings. The minimum atomic E-state index is -0.486. The number of hydrogen-bond acceptors (Lipinski definition) is 3. The fraction of sp³-hybridized carbons (Fsp3) is 0.621. The highest BCUT2D eigenvalue weighted by atomic mass is 16.1. The van der Waals surface area contributed by atoms with Crippen molar-refractivity contribution in [1.29, 1.82) is 0 Å². The Bertz CT molecular complexity index is 776. The molecule has 1 aliphatic carbocycles. The zero-order valence-corrected chi connectivity index (χ0v) is 22.6. The number of allylic oxidation sites excluding steroid dienone is 2. The van der Waals surface area contributed by atoms with Gasteiger partial charge in [0.05, 0.1) is 5.92 Å². The fourth-order valence-corrected chi connectivity index (χ4v) is 6.14. The molecule has 32 heavy (non-hydrogen) atoms. The van der Waals surface area contributed by atoms with Gasteiger partial charge >= 0.3 is 0 Å². The van der Waals surface area contributed by atoms with Crippen LogP contribution >= 0.6 is 0 Å². The van der Waals surface area contributed by atoms with Crippen molar-refractivity contribution in [3.05, 3.63) is 60.2 Å². The lowest BCUT2D eigenvalue weighted by molar-refractivity contribution is -0.156. The summed E-state index contributed by atoms with van der Waals surface area (Å²) in [6, 6.07) is 9.60. The molecule has 0 saturated heterocycles. The van der Waals surface area contributed by atoms with Crippen LogP contribution in [0.4, 0.5) is 0 Å². The standard InChI is InChI=1S/C29H46N2O/c1-25(2,3)30(26(4,5)6)29(31(27(7,8)9)28(10,11)12)20-18-23(19-21-29)24(32)22-16-14-13-15-17-22/h13-21,23H,1-12H3. The lowest BCUT2D eigenvalue weighted by Crippen LogP contribution is -2.75. The van der Waals surface area contributed by atoms with E-state index < -0.39 is 5.66 Å². The van der Waals surface area contributed by atoms with Gasteiger partial charge in [-0.25, -0.2) is 0 Å². The molecule has 0 heterocycles. The fourth-order valence-electron chi connectivity index (χ4n) is 6.14. The predicted octanol–water partition coefficient (Wildman–Crippen LogP) is 7.11. The van der Waals surface area contributed by atoms with Crippen LogP contribution in [0.1, 0.15) is 93.4 Å². The summed E-state index contributed by atoms with van der Waals surface area (Å²) in [5, 5.41) is 0. The van der Waals surface area contributed by atoms with Crippen LogP contribution in [-0.2, 0) is 0 Å². The monoisotopic (exact) mass is 438 g/mol. The first-order valence-corrected chi connectivity index (χ1v) is 11.9. The van der Waals surface area contributed by atoms with Crippen molar-refractivity contribution >= 4 is 5.78 Å². The number of Topliss-reactive ketones (excluding diaryl/α,β-unsaturated/α-hetero) is 1. The molecular weight excluding hydrogens is 392 g/mol. The molecule has 0 atom stereocenters. The van der Waals surface area contributed by atoms with Crippen LogP contribution in [0.15, 0.2) is 54.6 Å². The van der Waals surface area contributed by atoms with Crippen molar-refractivity contribution in [2.75, 3.05) is 0 Å². The Morgan fingerprint density at radius 3 is 1.31 bits per heavy atom. The van der Waals surface area contributed by atoms with E-state index in [9.17, 15) is 4.79 Å². The number of carbonyl (C=O) groups excluding carboxylic acids is 1. The first kappa shape index (κ1) is 26.5. The minimum absolute atomic E-state index is 0.113. The van der Waals surface area contributed by atoms with E-state index in [0.29, 0.717) is 0 Å². The number of rotatable bonds is 4. The molecule has 0 amide bonds. The molecule has 3 heteroatoms. The molecular formula is C29H46N2O. The van der Waals surface area contributed by atoms with Gasteiger partial charge in [-0.05, 0) is 95.2 Å². The Hall–Kier alpha value is -1.71. The topological polar surface area (TPSA) is 23.6 Å². The maximum absolute atomic E-state index is 13.2. The molecule has 0 N–H and O–H groups in total. The summed E-state index contributed by atoms with van der Waals surface area (Å²) in [5.74, 6) is -0.114. The second-order valence-corrected chi connectivity index (χ2v) is 13.1. The Labute approximate surface area is 197 Å². The van der Waals surface area contributed by atoms with E-state index in [0.717, 1.165) is 5.56 Å². The van der Waals surface area contributed by atoms with E-state index >= 15 is 0 Å². The van der Waals surface area contributed by atoms with Gasteiger partial charge in [0.1, 0.15) is 5.66 Å². The van der Waals surface area contributed by atoms with Crippen LogP contribution < -0.4 is 0 Å². The van der Waals surface area contributed by atoms with E-state index in [1.54, 1.807) is 0 Å². The molecule has 0 aliphatic heterocycles. The van der Waals surface area contributed by atoms with Crippen molar-refractivity contribution in [1.82, 2.24) is 9.80 Å². The van der Waals surface area contributed by atoms with Crippen LogP contribution in [0.5, 0.6) is 0 Å². The smallest absolute Gasteiger partial charge is 0.173 e. The molecule has 0 aromatic heterocycles. The maximum Gasteiger partial charge on any atom is 0.173 e. The molecule has 178 valence electrons. The zero-order chi connectivity index (χ0) is 24.8. The normalized spacial score (nSPS) is 17.9. The lowest BCUT2D eigenvalue weighted by atomic mass is 9.79. The summed E-state index contributed by atoms with van der Waals surface area (Å²) in [4.78, 5) is 18.4. The third-order valence-corrected chi connectivity index (χ3v) is 5.86. The molecule has 2 rings (SSSR count). The third-order valence-electron chi connectivity index (χ3n) is 5.86.